The zero-order valence-electron chi connectivity index (χ0n) is 36.3. The number of likely N-dealkylation sites (tertiary alicyclic amines) is 1. The Morgan fingerprint density at radius 2 is 1.83 bits per heavy atom. The number of ether oxygens (including phenoxy) is 1. The second-order valence-electron chi connectivity index (χ2n) is 17.9. The van der Waals surface area contributed by atoms with Crippen LogP contribution in [0.25, 0.3) is 22.5 Å². The molecule has 16 nitrogen and oxygen atoms in total. The molecule has 5 aromatic rings. The Balaban J connectivity index is 0.726. The quantitative estimate of drug-likeness (QED) is 0.0699. The van der Waals surface area contributed by atoms with Crippen molar-refractivity contribution in [1.82, 2.24) is 39.1 Å². The van der Waals surface area contributed by atoms with Crippen LogP contribution in [-0.2, 0) is 27.8 Å². The van der Waals surface area contributed by atoms with Crippen molar-refractivity contribution in [2.45, 2.75) is 115 Å². The van der Waals surface area contributed by atoms with Crippen molar-refractivity contribution < 1.29 is 32.3 Å². The smallest absolute Gasteiger partial charge is 0.329 e. The van der Waals surface area contributed by atoms with Gasteiger partial charge in [0, 0.05) is 63.7 Å². The standard InChI is InChI=1S/C46H56F2N10O6/c1-27(56-20-17-33(18-21-56)63-22-4-6-30-5-3-7-36-41(30)55(2)46(62)58(36)37-14-15-39(59)53-44(37)61)29-10-12-32(13-11-29)57-25-34(40(54-57)42(47)48)51-43(60)35-26-64-45(52-35)31-16-19-49-38(23-31)50-24-28-8-9-28/h3,5,7,16,19,23,25-29,32-33,37,42H,4,6,8-15,17-18,20-22,24H2,1-2H3,(H,49,50)(H,51,60)(H,53,59,61). The predicted molar refractivity (Wildman–Crippen MR) is 234 cm³/mol. The number of carbonyl (C=O) groups is 3. The highest BCUT2D eigenvalue weighted by molar-refractivity contribution is 6.03. The van der Waals surface area contributed by atoms with E-state index in [1.165, 1.54) is 29.9 Å². The van der Waals surface area contributed by atoms with Crippen molar-refractivity contribution in [2.24, 2.45) is 18.9 Å². The maximum Gasteiger partial charge on any atom is 0.329 e. The summed E-state index contributed by atoms with van der Waals surface area (Å²) in [6, 6.07) is 8.92. The number of para-hydroxylation sites is 1. The number of benzene rings is 1. The highest BCUT2D eigenvalue weighted by Gasteiger charge is 2.34. The number of imide groups is 1. The van der Waals surface area contributed by atoms with E-state index in [1.807, 2.05) is 18.2 Å². The van der Waals surface area contributed by atoms with Gasteiger partial charge >= 0.3 is 5.69 Å². The number of piperidine rings is 2. The van der Waals surface area contributed by atoms with Gasteiger partial charge in [-0.3, -0.25) is 33.5 Å². The first-order valence-electron chi connectivity index (χ1n) is 22.7. The topological polar surface area (TPSA) is 183 Å². The van der Waals surface area contributed by atoms with Crippen molar-refractivity contribution in [1.29, 1.82) is 0 Å². The van der Waals surface area contributed by atoms with Gasteiger partial charge in [0.05, 0.1) is 28.9 Å². The molecule has 0 bridgehead atoms. The number of rotatable bonds is 16. The summed E-state index contributed by atoms with van der Waals surface area (Å²) in [6.07, 6.45) is 11.5. The fourth-order valence-electron chi connectivity index (χ4n) is 9.84. The van der Waals surface area contributed by atoms with Gasteiger partial charge in [-0.05, 0) is 113 Å². The Bertz CT molecular complexity index is 2550. The van der Waals surface area contributed by atoms with Crippen molar-refractivity contribution >= 4 is 40.3 Å². The summed E-state index contributed by atoms with van der Waals surface area (Å²) in [5.74, 6) is 0.637. The molecule has 2 aliphatic carbocycles. The Kier molecular flexibility index (Phi) is 12.8. The minimum Gasteiger partial charge on any atom is -0.444 e. The fraction of sp³-hybridized carbons (Fsp3) is 0.543. The van der Waals surface area contributed by atoms with Crippen molar-refractivity contribution in [3.8, 4) is 11.5 Å². The van der Waals surface area contributed by atoms with Crippen LogP contribution >= 0.6 is 0 Å². The molecule has 1 aromatic carbocycles. The lowest BCUT2D eigenvalue weighted by Gasteiger charge is -2.41. The van der Waals surface area contributed by atoms with Crippen LogP contribution in [0.2, 0.25) is 0 Å². The number of hydrogen-bond acceptors (Lipinski definition) is 11. The molecule has 340 valence electrons. The summed E-state index contributed by atoms with van der Waals surface area (Å²) in [5.41, 5.74) is 2.35. The molecule has 4 aliphatic rings. The van der Waals surface area contributed by atoms with Crippen LogP contribution in [0.4, 0.5) is 20.3 Å². The molecule has 3 amide bonds. The molecule has 4 fully saturated rings. The number of alkyl halides is 2. The molecule has 9 rings (SSSR count). The van der Waals surface area contributed by atoms with Gasteiger partial charge < -0.3 is 24.7 Å². The molecular formula is C46H56F2N10O6. The van der Waals surface area contributed by atoms with E-state index in [0.29, 0.717) is 47.8 Å². The summed E-state index contributed by atoms with van der Waals surface area (Å²) >= 11 is 0. The third-order valence-corrected chi connectivity index (χ3v) is 13.7. The third-order valence-electron chi connectivity index (χ3n) is 13.7. The number of hydrogen-bond donors (Lipinski definition) is 3. The zero-order chi connectivity index (χ0) is 44.5. The van der Waals surface area contributed by atoms with Crippen LogP contribution in [0.15, 0.2) is 58.2 Å². The molecule has 2 saturated carbocycles. The van der Waals surface area contributed by atoms with E-state index in [9.17, 15) is 28.0 Å². The number of imidazole rings is 1. The number of fused-ring (bicyclic) bond motifs is 1. The first kappa shape index (κ1) is 43.5. The summed E-state index contributed by atoms with van der Waals surface area (Å²) < 4.78 is 45.1. The number of halogens is 2. The molecular weight excluding hydrogens is 827 g/mol. The second-order valence-corrected chi connectivity index (χ2v) is 17.9. The molecule has 3 N–H and O–H groups in total. The van der Waals surface area contributed by atoms with Crippen LogP contribution in [0.3, 0.4) is 0 Å². The number of aryl methyl sites for hydroxylation is 2. The number of nitrogens with one attached hydrogen (secondary N) is 3. The molecule has 0 radical (unpaired) electrons. The Labute approximate surface area is 369 Å². The van der Waals surface area contributed by atoms with Gasteiger partial charge in [0.15, 0.2) is 11.4 Å². The molecule has 18 heteroatoms. The van der Waals surface area contributed by atoms with E-state index in [-0.39, 0.29) is 47.4 Å². The van der Waals surface area contributed by atoms with Gasteiger partial charge in [0.2, 0.25) is 17.7 Å². The molecule has 0 spiro atoms. The van der Waals surface area contributed by atoms with E-state index in [0.717, 1.165) is 82.1 Å². The Morgan fingerprint density at radius 3 is 2.58 bits per heavy atom. The first-order valence-corrected chi connectivity index (χ1v) is 22.7. The molecule has 4 aromatic heterocycles. The fourth-order valence-corrected chi connectivity index (χ4v) is 9.84. The van der Waals surface area contributed by atoms with E-state index in [2.05, 4.69) is 42.8 Å². The van der Waals surface area contributed by atoms with Gasteiger partial charge in [-0.25, -0.2) is 23.5 Å². The van der Waals surface area contributed by atoms with Crippen LogP contribution in [0, 0.1) is 11.8 Å². The van der Waals surface area contributed by atoms with Crippen LogP contribution in [0.1, 0.15) is 118 Å². The highest BCUT2D eigenvalue weighted by Crippen LogP contribution is 2.38. The number of carbonyl (C=O) groups excluding carboxylic acids is 3. The summed E-state index contributed by atoms with van der Waals surface area (Å²) in [6.45, 7) is 5.61. The van der Waals surface area contributed by atoms with E-state index in [1.54, 1.807) is 34.6 Å². The van der Waals surface area contributed by atoms with E-state index in [4.69, 9.17) is 9.15 Å². The molecule has 2 aliphatic heterocycles. The molecule has 64 heavy (non-hydrogen) atoms. The lowest BCUT2D eigenvalue weighted by Crippen LogP contribution is -2.46. The zero-order valence-corrected chi connectivity index (χ0v) is 36.3. The second kappa shape index (κ2) is 18.8. The van der Waals surface area contributed by atoms with Gasteiger partial charge in [0.1, 0.15) is 18.1 Å². The number of amides is 3. The average Bonchev–Trinajstić information content (AvgIpc) is 3.71. The Hall–Kier alpha value is -5.75. The number of aromatic nitrogens is 6. The monoisotopic (exact) mass is 882 g/mol. The van der Waals surface area contributed by atoms with Crippen molar-refractivity contribution in [2.75, 3.05) is 36.9 Å². The molecule has 2 atom stereocenters. The van der Waals surface area contributed by atoms with Crippen LogP contribution < -0.4 is 21.6 Å². The molecule has 2 saturated heterocycles. The molecule has 2 unspecified atom stereocenters. The van der Waals surface area contributed by atoms with Crippen LogP contribution in [0.5, 0.6) is 0 Å². The minimum atomic E-state index is -2.87. The summed E-state index contributed by atoms with van der Waals surface area (Å²) in [4.78, 5) is 62.1. The highest BCUT2D eigenvalue weighted by atomic mass is 19.3. The summed E-state index contributed by atoms with van der Waals surface area (Å²) in [7, 11) is 1.72. The van der Waals surface area contributed by atoms with Gasteiger partial charge in [-0.15, -0.1) is 0 Å². The maximum atomic E-state index is 14.2. The number of anilines is 2. The van der Waals surface area contributed by atoms with Gasteiger partial charge in [-0.2, -0.15) is 5.10 Å². The SMILES string of the molecule is CC(C1CCC(n2cc(NC(=O)c3coc(-c4ccnc(NCC5CC5)c4)n3)c(C(F)F)n2)CC1)N1CCC(OCCCc2cccc3c2n(C)c(=O)n3C2CCC(=O)NC2=O)CC1. The first-order chi connectivity index (χ1) is 31.0. The number of oxazole rings is 1. The largest absolute Gasteiger partial charge is 0.444 e. The molecule has 6 heterocycles. The normalized spacial score (nSPS) is 21.7. The number of pyridine rings is 1. The average molecular weight is 883 g/mol. The van der Waals surface area contributed by atoms with E-state index < -0.39 is 30.0 Å². The summed E-state index contributed by atoms with van der Waals surface area (Å²) in [5, 5.41) is 12.6. The van der Waals surface area contributed by atoms with Gasteiger partial charge in [-0.1, -0.05) is 12.1 Å². The number of nitrogens with zero attached hydrogens (tertiary/aromatic N) is 7. The predicted octanol–water partition coefficient (Wildman–Crippen LogP) is 6.81. The van der Waals surface area contributed by atoms with E-state index >= 15 is 0 Å². The lowest BCUT2D eigenvalue weighted by molar-refractivity contribution is -0.135. The maximum absolute atomic E-state index is 14.2. The minimum absolute atomic E-state index is 0.0288. The van der Waals surface area contributed by atoms with Crippen molar-refractivity contribution in [3.05, 3.63) is 76.4 Å². The third kappa shape index (κ3) is 9.39. The van der Waals surface area contributed by atoms with Gasteiger partial charge in [0.25, 0.3) is 12.3 Å². The van der Waals surface area contributed by atoms with Crippen molar-refractivity contribution in [3.63, 3.8) is 0 Å². The lowest BCUT2D eigenvalue weighted by atomic mass is 9.81. The Morgan fingerprint density at radius 1 is 1.03 bits per heavy atom. The van der Waals surface area contributed by atoms with Crippen LogP contribution in [-0.4, -0.2) is 89.9 Å².